The fourth-order valence-corrected chi connectivity index (χ4v) is 2.11. The van der Waals surface area contributed by atoms with Gasteiger partial charge >= 0.3 is 0 Å². The highest BCUT2D eigenvalue weighted by molar-refractivity contribution is 5.65. The molecule has 2 rings (SSSR count). The second-order valence-electron chi connectivity index (χ2n) is 3.85. The Labute approximate surface area is 88.7 Å². The second-order valence-corrected chi connectivity index (χ2v) is 3.85. The third-order valence-corrected chi connectivity index (χ3v) is 2.95. The fraction of sp³-hybridized carbons (Fsp3) is 0.333. The summed E-state index contributed by atoms with van der Waals surface area (Å²) in [7, 11) is 0. The summed E-state index contributed by atoms with van der Waals surface area (Å²) in [5, 5.41) is 0. The number of nitrogens with zero attached hydrogens (tertiary/aromatic N) is 1. The molecular weight excluding hydrogens is 190 g/mol. The van der Waals surface area contributed by atoms with E-state index in [0.29, 0.717) is 12.5 Å². The van der Waals surface area contributed by atoms with E-state index < -0.39 is 0 Å². The van der Waals surface area contributed by atoms with E-state index in [1.807, 2.05) is 30.3 Å². The van der Waals surface area contributed by atoms with Crippen LogP contribution in [-0.4, -0.2) is 30.2 Å². The Balaban J connectivity index is 2.15. The predicted octanol–water partition coefficient (Wildman–Crippen LogP) is 1.20. The summed E-state index contributed by atoms with van der Waals surface area (Å²) in [4.78, 5) is 23.0. The second kappa shape index (κ2) is 4.26. The molecular formula is C12H13NO2. The Hall–Kier alpha value is -1.64. The van der Waals surface area contributed by atoms with Crippen molar-refractivity contribution < 1.29 is 9.59 Å². The number of likely N-dealkylation sites (tertiary alicyclic amines) is 1. The van der Waals surface area contributed by atoms with Gasteiger partial charge in [-0.15, -0.1) is 0 Å². The molecule has 78 valence electrons. The summed E-state index contributed by atoms with van der Waals surface area (Å²) < 4.78 is 0. The van der Waals surface area contributed by atoms with Crippen molar-refractivity contribution in [1.29, 1.82) is 0 Å². The first-order valence-electron chi connectivity index (χ1n) is 5.06. The van der Waals surface area contributed by atoms with Crippen LogP contribution in [0.25, 0.3) is 0 Å². The zero-order valence-electron chi connectivity index (χ0n) is 8.37. The molecule has 3 nitrogen and oxygen atoms in total. The molecule has 1 aliphatic heterocycles. The molecule has 0 aromatic heterocycles. The smallest absolute Gasteiger partial charge is 0.210 e. The van der Waals surface area contributed by atoms with E-state index >= 15 is 0 Å². The van der Waals surface area contributed by atoms with Gasteiger partial charge in [0.05, 0.1) is 6.04 Å². The van der Waals surface area contributed by atoms with Gasteiger partial charge in [-0.05, 0) is 12.0 Å². The molecule has 0 N–H and O–H groups in total. The fourth-order valence-electron chi connectivity index (χ4n) is 2.11. The molecule has 0 aliphatic carbocycles. The van der Waals surface area contributed by atoms with Crippen LogP contribution in [-0.2, 0) is 9.59 Å². The van der Waals surface area contributed by atoms with Gasteiger partial charge in [0.2, 0.25) is 6.41 Å². The number of aldehydes is 1. The SMILES string of the molecule is O=C[C@@H]1CC(c2ccccc2)CN1C=O. The van der Waals surface area contributed by atoms with Gasteiger partial charge in [-0.2, -0.15) is 0 Å². The lowest BCUT2D eigenvalue weighted by atomic mass is 9.97. The monoisotopic (exact) mass is 203 g/mol. The maximum absolute atomic E-state index is 10.8. The summed E-state index contributed by atoms with van der Waals surface area (Å²) in [6, 6.07) is 9.77. The van der Waals surface area contributed by atoms with Crippen LogP contribution in [0, 0.1) is 0 Å². The zero-order valence-corrected chi connectivity index (χ0v) is 8.37. The standard InChI is InChI=1S/C12H13NO2/c14-8-12-6-11(7-13(12)9-15)10-4-2-1-3-5-10/h1-5,8-9,11-12H,6-7H2/t11?,12-/m0/s1. The van der Waals surface area contributed by atoms with Crippen molar-refractivity contribution in [3.63, 3.8) is 0 Å². The lowest BCUT2D eigenvalue weighted by molar-refractivity contribution is -0.123. The van der Waals surface area contributed by atoms with Crippen molar-refractivity contribution in [2.75, 3.05) is 6.54 Å². The maximum Gasteiger partial charge on any atom is 0.210 e. The van der Waals surface area contributed by atoms with Gasteiger partial charge in [0, 0.05) is 12.5 Å². The lowest BCUT2D eigenvalue weighted by Gasteiger charge is -2.12. The molecule has 2 atom stereocenters. The molecule has 1 saturated heterocycles. The average Bonchev–Trinajstić information content (AvgIpc) is 2.73. The van der Waals surface area contributed by atoms with Gasteiger partial charge in [-0.25, -0.2) is 0 Å². The van der Waals surface area contributed by atoms with Gasteiger partial charge in [-0.1, -0.05) is 30.3 Å². The number of hydrogen-bond donors (Lipinski definition) is 0. The Morgan fingerprint density at radius 3 is 2.47 bits per heavy atom. The molecule has 1 aromatic carbocycles. The van der Waals surface area contributed by atoms with Gasteiger partial charge in [0.15, 0.2) is 0 Å². The number of carbonyl (C=O) groups excluding carboxylic acids is 2. The molecule has 1 unspecified atom stereocenters. The van der Waals surface area contributed by atoms with Crippen molar-refractivity contribution in [2.24, 2.45) is 0 Å². The van der Waals surface area contributed by atoms with Crippen LogP contribution >= 0.6 is 0 Å². The van der Waals surface area contributed by atoms with Crippen LogP contribution < -0.4 is 0 Å². The van der Waals surface area contributed by atoms with Gasteiger partial charge in [0.25, 0.3) is 0 Å². The minimum Gasteiger partial charge on any atom is -0.335 e. The lowest BCUT2D eigenvalue weighted by Crippen LogP contribution is -2.28. The third-order valence-electron chi connectivity index (χ3n) is 2.95. The summed E-state index contributed by atoms with van der Waals surface area (Å²) >= 11 is 0. The van der Waals surface area contributed by atoms with Crippen molar-refractivity contribution in [3.05, 3.63) is 35.9 Å². The molecule has 0 radical (unpaired) electrons. The van der Waals surface area contributed by atoms with Crippen LogP contribution in [0.4, 0.5) is 0 Å². The summed E-state index contributed by atoms with van der Waals surface area (Å²) in [6.45, 7) is 0.650. The number of rotatable bonds is 3. The van der Waals surface area contributed by atoms with Crippen LogP contribution in [0.3, 0.4) is 0 Å². The third kappa shape index (κ3) is 1.91. The van der Waals surface area contributed by atoms with E-state index in [9.17, 15) is 9.59 Å². The van der Waals surface area contributed by atoms with E-state index in [2.05, 4.69) is 0 Å². The summed E-state index contributed by atoms with van der Waals surface area (Å²) in [5.74, 6) is 0.298. The van der Waals surface area contributed by atoms with E-state index in [1.54, 1.807) is 4.90 Å². The molecule has 1 heterocycles. The number of carbonyl (C=O) groups is 2. The van der Waals surface area contributed by atoms with E-state index in [1.165, 1.54) is 5.56 Å². The number of amides is 1. The quantitative estimate of drug-likeness (QED) is 0.692. The molecule has 15 heavy (non-hydrogen) atoms. The molecule has 1 fully saturated rings. The summed E-state index contributed by atoms with van der Waals surface area (Å²) in [5.41, 5.74) is 1.20. The number of hydrogen-bond acceptors (Lipinski definition) is 2. The van der Waals surface area contributed by atoms with E-state index in [-0.39, 0.29) is 6.04 Å². The molecule has 1 aromatic rings. The maximum atomic E-state index is 10.8. The van der Waals surface area contributed by atoms with Gasteiger partial charge in [0.1, 0.15) is 6.29 Å². The highest BCUT2D eigenvalue weighted by Gasteiger charge is 2.31. The first kappa shape index (κ1) is 9.90. The minimum absolute atomic E-state index is 0.243. The van der Waals surface area contributed by atoms with Crippen molar-refractivity contribution in [2.45, 2.75) is 18.4 Å². The van der Waals surface area contributed by atoms with Gasteiger partial charge in [-0.3, -0.25) is 4.79 Å². The molecule has 0 saturated carbocycles. The molecule has 0 bridgehead atoms. The van der Waals surface area contributed by atoms with Crippen molar-refractivity contribution >= 4 is 12.7 Å². The van der Waals surface area contributed by atoms with Crippen LogP contribution in [0.15, 0.2) is 30.3 Å². The average molecular weight is 203 g/mol. The Kier molecular flexibility index (Phi) is 2.81. The Morgan fingerprint density at radius 2 is 1.93 bits per heavy atom. The van der Waals surface area contributed by atoms with Crippen molar-refractivity contribution in [3.8, 4) is 0 Å². The first-order chi connectivity index (χ1) is 7.35. The number of benzene rings is 1. The zero-order chi connectivity index (χ0) is 10.7. The van der Waals surface area contributed by atoms with Crippen LogP contribution in [0.5, 0.6) is 0 Å². The topological polar surface area (TPSA) is 37.4 Å². The normalized spacial score (nSPS) is 25.2. The van der Waals surface area contributed by atoms with Crippen LogP contribution in [0.2, 0.25) is 0 Å². The first-order valence-corrected chi connectivity index (χ1v) is 5.06. The highest BCUT2D eigenvalue weighted by atomic mass is 16.1. The van der Waals surface area contributed by atoms with E-state index in [0.717, 1.165) is 19.1 Å². The van der Waals surface area contributed by atoms with Crippen molar-refractivity contribution in [1.82, 2.24) is 4.90 Å². The predicted molar refractivity (Wildman–Crippen MR) is 56.4 cm³/mol. The molecule has 1 amide bonds. The van der Waals surface area contributed by atoms with E-state index in [4.69, 9.17) is 0 Å². The highest BCUT2D eigenvalue weighted by Crippen LogP contribution is 2.29. The van der Waals surface area contributed by atoms with Gasteiger partial charge < -0.3 is 9.69 Å². The Bertz CT molecular complexity index is 334. The molecule has 0 spiro atoms. The molecule has 3 heteroatoms. The van der Waals surface area contributed by atoms with Crippen LogP contribution in [0.1, 0.15) is 17.9 Å². The minimum atomic E-state index is -0.243. The largest absolute Gasteiger partial charge is 0.335 e. The molecule has 1 aliphatic rings. The summed E-state index contributed by atoms with van der Waals surface area (Å²) in [6.07, 6.45) is 2.37. The Morgan fingerprint density at radius 1 is 1.20 bits per heavy atom.